The highest BCUT2D eigenvalue weighted by Crippen LogP contribution is 2.23. The Kier molecular flexibility index (Phi) is 4.27. The average Bonchev–Trinajstić information content (AvgIpc) is 3.17. The first kappa shape index (κ1) is 14.2. The standard InChI is InChI=1S/C16H16ClNO3/c17-12-5-3-11(4-6-12)14-8-7-13(21-14)10-18-16(19)15-2-1-9-20-15/h3-8,15H,1-2,9-10H2,(H,18,19)/t15-/m1/s1. The number of amides is 1. The molecule has 0 radical (unpaired) electrons. The smallest absolute Gasteiger partial charge is 0.249 e. The lowest BCUT2D eigenvalue weighted by atomic mass is 10.2. The van der Waals surface area contributed by atoms with Crippen LogP contribution >= 0.6 is 11.6 Å². The van der Waals surface area contributed by atoms with Crippen molar-refractivity contribution < 1.29 is 13.9 Å². The highest BCUT2D eigenvalue weighted by atomic mass is 35.5. The summed E-state index contributed by atoms with van der Waals surface area (Å²) in [7, 11) is 0. The number of hydrogen-bond acceptors (Lipinski definition) is 3. The van der Waals surface area contributed by atoms with Crippen molar-refractivity contribution >= 4 is 17.5 Å². The lowest BCUT2D eigenvalue weighted by Crippen LogP contribution is -2.33. The maximum absolute atomic E-state index is 11.8. The van der Waals surface area contributed by atoms with E-state index in [2.05, 4.69) is 5.32 Å². The third-order valence-corrected chi connectivity index (χ3v) is 3.70. The molecular formula is C16H16ClNO3. The van der Waals surface area contributed by atoms with E-state index in [0.29, 0.717) is 23.9 Å². The first-order valence-electron chi connectivity index (χ1n) is 6.96. The number of furan rings is 1. The van der Waals surface area contributed by atoms with Gasteiger partial charge < -0.3 is 14.5 Å². The van der Waals surface area contributed by atoms with Gasteiger partial charge in [-0.3, -0.25) is 4.79 Å². The average molecular weight is 306 g/mol. The molecule has 0 bridgehead atoms. The molecule has 1 amide bonds. The van der Waals surface area contributed by atoms with Gasteiger partial charge in [0.1, 0.15) is 17.6 Å². The molecule has 1 aromatic heterocycles. The minimum atomic E-state index is -0.310. The number of halogens is 1. The van der Waals surface area contributed by atoms with Gasteiger partial charge in [-0.05, 0) is 49.2 Å². The number of carbonyl (C=O) groups excluding carboxylic acids is 1. The van der Waals surface area contributed by atoms with Gasteiger partial charge in [-0.25, -0.2) is 0 Å². The van der Waals surface area contributed by atoms with Crippen molar-refractivity contribution in [2.45, 2.75) is 25.5 Å². The number of benzene rings is 1. The Labute approximate surface area is 128 Å². The highest BCUT2D eigenvalue weighted by molar-refractivity contribution is 6.30. The fraction of sp³-hybridized carbons (Fsp3) is 0.312. The van der Waals surface area contributed by atoms with E-state index in [9.17, 15) is 4.79 Å². The van der Waals surface area contributed by atoms with Crippen LogP contribution < -0.4 is 5.32 Å². The minimum absolute atomic E-state index is 0.0723. The molecular weight excluding hydrogens is 290 g/mol. The van der Waals surface area contributed by atoms with E-state index >= 15 is 0 Å². The zero-order chi connectivity index (χ0) is 14.7. The molecule has 1 fully saturated rings. The van der Waals surface area contributed by atoms with E-state index < -0.39 is 0 Å². The molecule has 3 rings (SSSR count). The van der Waals surface area contributed by atoms with Crippen molar-refractivity contribution in [2.24, 2.45) is 0 Å². The van der Waals surface area contributed by atoms with Crippen LogP contribution in [-0.4, -0.2) is 18.6 Å². The summed E-state index contributed by atoms with van der Waals surface area (Å²) in [6.07, 6.45) is 1.43. The van der Waals surface area contributed by atoms with Gasteiger partial charge in [-0.15, -0.1) is 0 Å². The molecule has 0 spiro atoms. The van der Waals surface area contributed by atoms with E-state index in [-0.39, 0.29) is 12.0 Å². The zero-order valence-corrected chi connectivity index (χ0v) is 12.2. The van der Waals surface area contributed by atoms with Gasteiger partial charge in [0, 0.05) is 17.2 Å². The van der Waals surface area contributed by atoms with E-state index in [4.69, 9.17) is 20.8 Å². The van der Waals surface area contributed by atoms with Crippen molar-refractivity contribution in [3.8, 4) is 11.3 Å². The van der Waals surface area contributed by atoms with Gasteiger partial charge in [0.2, 0.25) is 5.91 Å². The van der Waals surface area contributed by atoms with Crippen molar-refractivity contribution in [2.75, 3.05) is 6.61 Å². The summed E-state index contributed by atoms with van der Waals surface area (Å²) in [5.74, 6) is 1.40. The Hall–Kier alpha value is -1.78. The van der Waals surface area contributed by atoms with Gasteiger partial charge in [0.05, 0.1) is 6.54 Å². The van der Waals surface area contributed by atoms with Gasteiger partial charge in [0.25, 0.3) is 0 Å². The largest absolute Gasteiger partial charge is 0.459 e. The molecule has 2 aromatic rings. The molecule has 2 heterocycles. The van der Waals surface area contributed by atoms with Crippen molar-refractivity contribution in [3.63, 3.8) is 0 Å². The summed E-state index contributed by atoms with van der Waals surface area (Å²) in [5, 5.41) is 3.53. The van der Waals surface area contributed by atoms with Gasteiger partial charge in [0.15, 0.2) is 0 Å². The molecule has 110 valence electrons. The summed E-state index contributed by atoms with van der Waals surface area (Å²) in [6, 6.07) is 11.2. The first-order valence-corrected chi connectivity index (χ1v) is 7.34. The number of nitrogens with one attached hydrogen (secondary N) is 1. The normalized spacial score (nSPS) is 17.9. The van der Waals surface area contributed by atoms with E-state index in [1.165, 1.54) is 0 Å². The second kappa shape index (κ2) is 6.33. The van der Waals surface area contributed by atoms with Gasteiger partial charge in [-0.1, -0.05) is 11.6 Å². The van der Waals surface area contributed by atoms with Crippen LogP contribution in [0, 0.1) is 0 Å². The van der Waals surface area contributed by atoms with E-state index in [1.54, 1.807) is 0 Å². The van der Waals surface area contributed by atoms with Crippen molar-refractivity contribution in [1.82, 2.24) is 5.32 Å². The number of hydrogen-bond donors (Lipinski definition) is 1. The quantitative estimate of drug-likeness (QED) is 0.942. The van der Waals surface area contributed by atoms with Crippen LogP contribution in [-0.2, 0) is 16.1 Å². The van der Waals surface area contributed by atoms with Crippen molar-refractivity contribution in [3.05, 3.63) is 47.2 Å². The Morgan fingerprint density at radius 3 is 2.76 bits per heavy atom. The maximum Gasteiger partial charge on any atom is 0.249 e. The second-order valence-electron chi connectivity index (χ2n) is 4.99. The van der Waals surface area contributed by atoms with Crippen LogP contribution in [0.3, 0.4) is 0 Å². The van der Waals surface area contributed by atoms with Crippen LogP contribution in [0.5, 0.6) is 0 Å². The monoisotopic (exact) mass is 305 g/mol. The predicted molar refractivity (Wildman–Crippen MR) is 80.0 cm³/mol. The lowest BCUT2D eigenvalue weighted by Gasteiger charge is -2.08. The highest BCUT2D eigenvalue weighted by Gasteiger charge is 2.23. The Morgan fingerprint density at radius 2 is 2.05 bits per heavy atom. The third kappa shape index (κ3) is 3.46. The first-order chi connectivity index (χ1) is 10.2. The summed E-state index contributed by atoms with van der Waals surface area (Å²) in [6.45, 7) is 1.03. The fourth-order valence-corrected chi connectivity index (χ4v) is 2.44. The second-order valence-corrected chi connectivity index (χ2v) is 5.43. The van der Waals surface area contributed by atoms with Gasteiger partial charge in [-0.2, -0.15) is 0 Å². The van der Waals surface area contributed by atoms with Crippen LogP contribution in [0.25, 0.3) is 11.3 Å². The summed E-state index contributed by atoms with van der Waals surface area (Å²) in [4.78, 5) is 11.8. The number of rotatable bonds is 4. The molecule has 1 aliphatic rings. The minimum Gasteiger partial charge on any atom is -0.459 e. The van der Waals surface area contributed by atoms with Crippen LogP contribution in [0.2, 0.25) is 5.02 Å². The van der Waals surface area contributed by atoms with Crippen LogP contribution in [0.4, 0.5) is 0 Å². The molecule has 0 saturated carbocycles. The summed E-state index contributed by atoms with van der Waals surface area (Å²) >= 11 is 5.86. The molecule has 1 aliphatic heterocycles. The molecule has 1 saturated heterocycles. The SMILES string of the molecule is O=C(NCc1ccc(-c2ccc(Cl)cc2)o1)[C@H]1CCCO1. The lowest BCUT2D eigenvalue weighted by molar-refractivity contribution is -0.130. The Balaban J connectivity index is 1.60. The Morgan fingerprint density at radius 1 is 1.24 bits per heavy atom. The zero-order valence-electron chi connectivity index (χ0n) is 11.5. The van der Waals surface area contributed by atoms with Gasteiger partial charge >= 0.3 is 0 Å². The van der Waals surface area contributed by atoms with Crippen LogP contribution in [0.1, 0.15) is 18.6 Å². The van der Waals surface area contributed by atoms with E-state index in [1.807, 2.05) is 36.4 Å². The predicted octanol–water partition coefficient (Wildman–Crippen LogP) is 3.40. The molecule has 0 aliphatic carbocycles. The molecule has 1 atom stereocenters. The third-order valence-electron chi connectivity index (χ3n) is 3.45. The summed E-state index contributed by atoms with van der Waals surface area (Å²) in [5.41, 5.74) is 0.955. The molecule has 1 N–H and O–H groups in total. The molecule has 21 heavy (non-hydrogen) atoms. The molecule has 1 aromatic carbocycles. The molecule has 0 unspecified atom stereocenters. The molecule has 4 nitrogen and oxygen atoms in total. The number of ether oxygens (including phenoxy) is 1. The Bertz CT molecular complexity index is 615. The maximum atomic E-state index is 11.8. The van der Waals surface area contributed by atoms with E-state index in [0.717, 1.165) is 24.2 Å². The van der Waals surface area contributed by atoms with Crippen molar-refractivity contribution in [1.29, 1.82) is 0 Å². The van der Waals surface area contributed by atoms with Crippen LogP contribution in [0.15, 0.2) is 40.8 Å². The fourth-order valence-electron chi connectivity index (χ4n) is 2.31. The topological polar surface area (TPSA) is 51.5 Å². The molecule has 5 heteroatoms. The number of carbonyl (C=O) groups is 1. The summed E-state index contributed by atoms with van der Waals surface area (Å²) < 4.78 is 11.1.